The number of hydrogen-bond donors (Lipinski definition) is 2. The van der Waals surface area contributed by atoms with Crippen LogP contribution in [0, 0.1) is 12.8 Å². The molecule has 2 fully saturated rings. The lowest BCUT2D eigenvalue weighted by atomic mass is 9.78. The third-order valence-corrected chi connectivity index (χ3v) is 7.40. The second-order valence-corrected chi connectivity index (χ2v) is 11.4. The fraction of sp³-hybridized carbons (Fsp3) is 0.586. The highest BCUT2D eigenvalue weighted by atomic mass is 16.6. The summed E-state index contributed by atoms with van der Waals surface area (Å²) in [5.41, 5.74) is 2.14. The summed E-state index contributed by atoms with van der Waals surface area (Å²) in [5.74, 6) is 1.84. The zero-order valence-corrected chi connectivity index (χ0v) is 22.6. The Bertz CT molecular complexity index is 1060. The molecule has 0 unspecified atom stereocenters. The van der Waals surface area contributed by atoms with E-state index in [0.717, 1.165) is 17.9 Å². The standard InChI is InChI=1S/C29H41N5O3/c1-20-25(27(35)34-15-13-24(14-16-34)33-28(36)37-29(2,3)4)31-19-32-26(20)30-18-21-9-8-12-23(17-21)22-10-6-5-7-11-22/h5-7,10-11,19,21,23-24H,8-9,12-18H2,1-4H3,(H,33,36)(H,30,31,32)/t21-,23+/m0/s1. The van der Waals surface area contributed by atoms with Crippen LogP contribution in [0.2, 0.25) is 0 Å². The van der Waals surface area contributed by atoms with Gasteiger partial charge in [-0.15, -0.1) is 0 Å². The Balaban J connectivity index is 1.30. The molecule has 2 amide bonds. The summed E-state index contributed by atoms with van der Waals surface area (Å²) >= 11 is 0. The van der Waals surface area contributed by atoms with Crippen molar-refractivity contribution in [1.29, 1.82) is 0 Å². The predicted molar refractivity (Wildman–Crippen MR) is 145 cm³/mol. The maximum absolute atomic E-state index is 13.3. The van der Waals surface area contributed by atoms with E-state index >= 15 is 0 Å². The van der Waals surface area contributed by atoms with Crippen LogP contribution in [0.1, 0.15) is 86.8 Å². The number of nitrogens with zero attached hydrogens (tertiary/aromatic N) is 3. The van der Waals surface area contributed by atoms with E-state index in [1.54, 1.807) is 0 Å². The molecule has 2 atom stereocenters. The summed E-state index contributed by atoms with van der Waals surface area (Å²) in [6.45, 7) is 9.42. The van der Waals surface area contributed by atoms with Crippen LogP contribution in [-0.4, -0.2) is 58.1 Å². The summed E-state index contributed by atoms with van der Waals surface area (Å²) in [4.78, 5) is 36.0. The third kappa shape index (κ3) is 7.43. The molecule has 1 aliphatic heterocycles. The number of benzene rings is 1. The van der Waals surface area contributed by atoms with E-state index < -0.39 is 11.7 Å². The highest BCUT2D eigenvalue weighted by Crippen LogP contribution is 2.36. The van der Waals surface area contributed by atoms with Gasteiger partial charge in [-0.3, -0.25) is 4.79 Å². The number of ether oxygens (including phenoxy) is 1. The molecule has 1 saturated carbocycles. The van der Waals surface area contributed by atoms with Gasteiger partial charge in [0, 0.05) is 31.2 Å². The van der Waals surface area contributed by atoms with Gasteiger partial charge in [0.15, 0.2) is 0 Å². The Morgan fingerprint density at radius 1 is 1.05 bits per heavy atom. The first-order chi connectivity index (χ1) is 17.7. The number of rotatable bonds is 6. The second kappa shape index (κ2) is 11.9. The Hall–Kier alpha value is -3.16. The average Bonchev–Trinajstić information content (AvgIpc) is 2.88. The highest BCUT2D eigenvalue weighted by molar-refractivity contribution is 5.94. The van der Waals surface area contributed by atoms with Crippen molar-refractivity contribution in [3.63, 3.8) is 0 Å². The second-order valence-electron chi connectivity index (χ2n) is 11.4. The van der Waals surface area contributed by atoms with Gasteiger partial charge in [0.2, 0.25) is 0 Å². The molecule has 1 aromatic heterocycles. The van der Waals surface area contributed by atoms with Crippen LogP contribution < -0.4 is 10.6 Å². The highest BCUT2D eigenvalue weighted by Gasteiger charge is 2.28. The van der Waals surface area contributed by atoms with Crippen LogP contribution >= 0.6 is 0 Å². The lowest BCUT2D eigenvalue weighted by Gasteiger charge is -2.33. The van der Waals surface area contributed by atoms with Crippen LogP contribution in [0.5, 0.6) is 0 Å². The quantitative estimate of drug-likeness (QED) is 0.551. The van der Waals surface area contributed by atoms with Gasteiger partial charge >= 0.3 is 6.09 Å². The minimum atomic E-state index is -0.530. The number of alkyl carbamates (subject to hydrolysis) is 1. The molecule has 2 N–H and O–H groups in total. The van der Waals surface area contributed by atoms with Crippen molar-refractivity contribution in [3.05, 3.63) is 53.5 Å². The van der Waals surface area contributed by atoms with Crippen LogP contribution in [0.15, 0.2) is 36.7 Å². The summed E-state index contributed by atoms with van der Waals surface area (Å²) in [7, 11) is 0. The SMILES string of the molecule is Cc1c(NC[C@H]2CCC[C@@H](c3ccccc3)C2)ncnc1C(=O)N1CCC(NC(=O)OC(C)(C)C)CC1. The zero-order valence-electron chi connectivity index (χ0n) is 22.6. The molecular formula is C29H41N5O3. The summed E-state index contributed by atoms with van der Waals surface area (Å²) < 4.78 is 5.35. The fourth-order valence-electron chi connectivity index (χ4n) is 5.44. The van der Waals surface area contributed by atoms with Crippen LogP contribution in [-0.2, 0) is 4.74 Å². The molecule has 2 aromatic rings. The van der Waals surface area contributed by atoms with E-state index in [0.29, 0.717) is 43.5 Å². The smallest absolute Gasteiger partial charge is 0.407 e. The van der Waals surface area contributed by atoms with Crippen molar-refractivity contribution in [1.82, 2.24) is 20.2 Å². The first-order valence-corrected chi connectivity index (χ1v) is 13.6. The van der Waals surface area contributed by atoms with Crippen molar-refractivity contribution in [2.45, 2.75) is 83.8 Å². The Labute approximate surface area is 220 Å². The number of piperidine rings is 1. The molecule has 0 bridgehead atoms. The molecule has 1 aromatic carbocycles. The summed E-state index contributed by atoms with van der Waals surface area (Å²) in [5, 5.41) is 6.44. The fourth-order valence-corrected chi connectivity index (χ4v) is 5.44. The minimum Gasteiger partial charge on any atom is -0.444 e. The van der Waals surface area contributed by atoms with E-state index in [-0.39, 0.29) is 11.9 Å². The first-order valence-electron chi connectivity index (χ1n) is 13.6. The van der Waals surface area contributed by atoms with E-state index in [4.69, 9.17) is 4.74 Å². The average molecular weight is 508 g/mol. The van der Waals surface area contributed by atoms with E-state index in [9.17, 15) is 9.59 Å². The lowest BCUT2D eigenvalue weighted by Crippen LogP contribution is -2.47. The van der Waals surface area contributed by atoms with Gasteiger partial charge in [-0.2, -0.15) is 0 Å². The number of hydrogen-bond acceptors (Lipinski definition) is 6. The van der Waals surface area contributed by atoms with Crippen molar-refractivity contribution in [2.75, 3.05) is 25.0 Å². The van der Waals surface area contributed by atoms with Crippen LogP contribution in [0.25, 0.3) is 0 Å². The van der Waals surface area contributed by atoms with Gasteiger partial charge in [-0.05, 0) is 77.2 Å². The van der Waals surface area contributed by atoms with Gasteiger partial charge in [-0.25, -0.2) is 14.8 Å². The molecule has 0 radical (unpaired) electrons. The first kappa shape index (κ1) is 26.9. The molecule has 37 heavy (non-hydrogen) atoms. The van der Waals surface area contributed by atoms with Crippen LogP contribution in [0.3, 0.4) is 0 Å². The van der Waals surface area contributed by atoms with Gasteiger partial charge in [0.25, 0.3) is 5.91 Å². The normalized spacial score (nSPS) is 20.8. The number of aromatic nitrogens is 2. The van der Waals surface area contributed by atoms with Gasteiger partial charge in [0.05, 0.1) is 0 Å². The summed E-state index contributed by atoms with van der Waals surface area (Å²) in [6, 6.07) is 10.8. The van der Waals surface area contributed by atoms with Crippen LogP contribution in [0.4, 0.5) is 10.6 Å². The Morgan fingerprint density at radius 3 is 2.49 bits per heavy atom. The van der Waals surface area contributed by atoms with E-state index in [1.165, 1.54) is 37.6 Å². The lowest BCUT2D eigenvalue weighted by molar-refractivity contribution is 0.0473. The maximum atomic E-state index is 13.3. The predicted octanol–water partition coefficient (Wildman–Crippen LogP) is 5.30. The largest absolute Gasteiger partial charge is 0.444 e. The molecule has 1 saturated heterocycles. The molecule has 2 heterocycles. The number of carbonyl (C=O) groups is 2. The molecule has 8 nitrogen and oxygen atoms in total. The number of amides is 2. The molecule has 0 spiro atoms. The van der Waals surface area contributed by atoms with E-state index in [2.05, 4.69) is 50.9 Å². The van der Waals surface area contributed by atoms with Gasteiger partial charge in [0.1, 0.15) is 23.4 Å². The van der Waals surface area contributed by atoms with Crippen molar-refractivity contribution >= 4 is 17.8 Å². The summed E-state index contributed by atoms with van der Waals surface area (Å²) in [6.07, 6.45) is 7.29. The monoisotopic (exact) mass is 507 g/mol. The minimum absolute atomic E-state index is 0.00201. The molecule has 2 aliphatic rings. The molecule has 1 aliphatic carbocycles. The Morgan fingerprint density at radius 2 is 1.78 bits per heavy atom. The molecule has 200 valence electrons. The number of likely N-dealkylation sites (tertiary alicyclic amines) is 1. The van der Waals surface area contributed by atoms with Crippen molar-refractivity contribution in [2.24, 2.45) is 5.92 Å². The topological polar surface area (TPSA) is 96.5 Å². The molecule has 4 rings (SSSR count). The van der Waals surface area contributed by atoms with Gasteiger partial charge in [-0.1, -0.05) is 36.8 Å². The molecular weight excluding hydrogens is 466 g/mol. The van der Waals surface area contributed by atoms with Crippen molar-refractivity contribution < 1.29 is 14.3 Å². The van der Waals surface area contributed by atoms with Gasteiger partial charge < -0.3 is 20.3 Å². The Kier molecular flexibility index (Phi) is 8.67. The number of nitrogens with one attached hydrogen (secondary N) is 2. The maximum Gasteiger partial charge on any atom is 0.407 e. The third-order valence-electron chi connectivity index (χ3n) is 7.40. The van der Waals surface area contributed by atoms with E-state index in [1.807, 2.05) is 32.6 Å². The number of anilines is 1. The van der Waals surface area contributed by atoms with Crippen molar-refractivity contribution in [3.8, 4) is 0 Å². The number of carbonyl (C=O) groups excluding carboxylic acids is 2. The molecule has 8 heteroatoms. The zero-order chi connectivity index (χ0) is 26.4.